The highest BCUT2D eigenvalue weighted by molar-refractivity contribution is 5.93. The van der Waals surface area contributed by atoms with Crippen molar-refractivity contribution in [1.29, 1.82) is 0 Å². The van der Waals surface area contributed by atoms with Crippen LogP contribution in [0.25, 0.3) is 0 Å². The van der Waals surface area contributed by atoms with Crippen LogP contribution in [0, 0.1) is 0 Å². The lowest BCUT2D eigenvalue weighted by molar-refractivity contribution is -0.132. The Labute approximate surface area is 174 Å². The summed E-state index contributed by atoms with van der Waals surface area (Å²) in [6, 6.07) is -1.76. The zero-order chi connectivity index (χ0) is 23.1. The molecule has 0 fully saturated rings. The summed E-state index contributed by atoms with van der Waals surface area (Å²) in [5.41, 5.74) is 0. The van der Waals surface area contributed by atoms with Gasteiger partial charge in [-0.15, -0.1) is 0 Å². The molecular weight excluding hydrogens is 400 g/mol. The Hall–Kier alpha value is -3.06. The first kappa shape index (κ1) is 26.9. The fourth-order valence-corrected chi connectivity index (χ4v) is 2.05. The first-order valence-electron chi connectivity index (χ1n) is 9.30. The van der Waals surface area contributed by atoms with Crippen LogP contribution in [-0.2, 0) is 28.8 Å². The number of aliphatic hydroxyl groups excluding tert-OH is 1. The third kappa shape index (κ3) is 11.7. The molecule has 2 unspecified atom stereocenters. The number of carbonyl (C=O) groups excluding carboxylic acids is 6. The monoisotopic (exact) mass is 430 g/mol. The van der Waals surface area contributed by atoms with Crippen LogP contribution in [0.1, 0.15) is 20.3 Å². The number of hydrogen-bond donors (Lipinski definition) is 7. The van der Waals surface area contributed by atoms with E-state index in [4.69, 9.17) is 0 Å². The molecule has 0 spiro atoms. The van der Waals surface area contributed by atoms with Gasteiger partial charge in [-0.2, -0.15) is 0 Å². The van der Waals surface area contributed by atoms with Gasteiger partial charge in [0.1, 0.15) is 11.8 Å². The molecule has 0 aromatic rings. The number of aliphatic hydroxyl groups is 1. The quantitative estimate of drug-likeness (QED) is 0.143. The predicted molar refractivity (Wildman–Crippen MR) is 105 cm³/mol. The van der Waals surface area contributed by atoms with E-state index in [0.717, 1.165) is 0 Å². The molecule has 7 N–H and O–H groups in total. The second kappa shape index (κ2) is 14.9. The number of nitrogens with one attached hydrogen (secondary N) is 6. The van der Waals surface area contributed by atoms with Gasteiger partial charge in [0.2, 0.25) is 29.5 Å². The van der Waals surface area contributed by atoms with Crippen molar-refractivity contribution < 1.29 is 33.9 Å². The van der Waals surface area contributed by atoms with Gasteiger partial charge in [0.15, 0.2) is 0 Å². The maximum atomic E-state index is 12.0. The van der Waals surface area contributed by atoms with Crippen molar-refractivity contribution in [2.75, 3.05) is 39.8 Å². The molecule has 0 saturated heterocycles. The van der Waals surface area contributed by atoms with Crippen molar-refractivity contribution in [3.63, 3.8) is 0 Å². The molecule has 0 rings (SSSR count). The van der Waals surface area contributed by atoms with Gasteiger partial charge in [0.05, 0.1) is 38.8 Å². The second-order valence-corrected chi connectivity index (χ2v) is 6.24. The molecule has 13 nitrogen and oxygen atoms in total. The van der Waals surface area contributed by atoms with Gasteiger partial charge in [-0.05, 0) is 20.4 Å². The lowest BCUT2D eigenvalue weighted by atomic mass is 10.2. The molecule has 170 valence electrons. The van der Waals surface area contributed by atoms with Crippen LogP contribution in [0.4, 0.5) is 0 Å². The zero-order valence-electron chi connectivity index (χ0n) is 17.3. The van der Waals surface area contributed by atoms with E-state index in [1.54, 1.807) is 14.0 Å². The van der Waals surface area contributed by atoms with Gasteiger partial charge in [0, 0.05) is 0 Å². The van der Waals surface area contributed by atoms with Gasteiger partial charge in [-0.3, -0.25) is 28.8 Å². The number of ketones is 1. The van der Waals surface area contributed by atoms with E-state index < -0.39 is 61.3 Å². The Morgan fingerprint density at radius 1 is 0.733 bits per heavy atom. The van der Waals surface area contributed by atoms with Crippen molar-refractivity contribution in [3.8, 4) is 0 Å². The molecule has 0 aliphatic carbocycles. The predicted octanol–water partition coefficient (Wildman–Crippen LogP) is -4.48. The van der Waals surface area contributed by atoms with Crippen molar-refractivity contribution in [2.24, 2.45) is 0 Å². The fourth-order valence-electron chi connectivity index (χ4n) is 2.05. The average Bonchev–Trinajstić information content (AvgIpc) is 2.71. The number of likely N-dealkylation sites (N-methyl/N-ethyl adjacent to an activating group) is 1. The summed E-state index contributed by atoms with van der Waals surface area (Å²) >= 11 is 0. The standard InChI is InChI=1S/C17H30N6O7/c1-4-11(18-3)17(30)23-12(9-24)16(29)22-8-15(28)21-7-14(27)20-6-13(26)19-5-10(2)25/h11-12,18,24H,4-9H2,1-3H3,(H,19,26)(H,20,27)(H,21,28)(H,22,29)(H,23,30). The molecule has 0 aromatic carbocycles. The fraction of sp³-hybridized carbons (Fsp3) is 0.647. The van der Waals surface area contributed by atoms with E-state index in [9.17, 15) is 33.9 Å². The summed E-state index contributed by atoms with van der Waals surface area (Å²) in [4.78, 5) is 69.3. The largest absolute Gasteiger partial charge is 0.394 e. The smallest absolute Gasteiger partial charge is 0.245 e. The van der Waals surface area contributed by atoms with E-state index in [1.165, 1.54) is 6.92 Å². The molecule has 0 aliphatic heterocycles. The summed E-state index contributed by atoms with van der Waals surface area (Å²) in [6.07, 6.45) is 0.477. The SMILES string of the molecule is CCC(NC)C(=O)NC(CO)C(=O)NCC(=O)NCC(=O)NCC(=O)NCC(C)=O. The highest BCUT2D eigenvalue weighted by Gasteiger charge is 2.23. The molecule has 0 bridgehead atoms. The molecule has 5 amide bonds. The number of Topliss-reactive ketones (excluding diaryl/α,β-unsaturated/α-hetero) is 1. The summed E-state index contributed by atoms with van der Waals surface area (Å²) in [5, 5.41) is 23.4. The van der Waals surface area contributed by atoms with E-state index >= 15 is 0 Å². The first-order chi connectivity index (χ1) is 14.1. The Kier molecular flexibility index (Phi) is 13.4. The summed E-state index contributed by atoms with van der Waals surface area (Å²) in [7, 11) is 1.58. The van der Waals surface area contributed by atoms with Crippen molar-refractivity contribution >= 4 is 35.3 Å². The maximum Gasteiger partial charge on any atom is 0.245 e. The Morgan fingerprint density at radius 3 is 1.60 bits per heavy atom. The summed E-state index contributed by atoms with van der Waals surface area (Å²) < 4.78 is 0. The van der Waals surface area contributed by atoms with Gasteiger partial charge in [-0.25, -0.2) is 0 Å². The van der Waals surface area contributed by atoms with E-state index in [2.05, 4.69) is 31.9 Å². The van der Waals surface area contributed by atoms with Crippen molar-refractivity contribution in [3.05, 3.63) is 0 Å². The van der Waals surface area contributed by atoms with Gasteiger partial charge >= 0.3 is 0 Å². The number of hydrogen-bond acceptors (Lipinski definition) is 8. The van der Waals surface area contributed by atoms with E-state index in [0.29, 0.717) is 6.42 Å². The highest BCUT2D eigenvalue weighted by atomic mass is 16.3. The van der Waals surface area contributed by atoms with E-state index in [1.807, 2.05) is 0 Å². The highest BCUT2D eigenvalue weighted by Crippen LogP contribution is 1.92. The molecule has 2 atom stereocenters. The van der Waals surface area contributed by atoms with Crippen LogP contribution >= 0.6 is 0 Å². The average molecular weight is 430 g/mol. The first-order valence-corrected chi connectivity index (χ1v) is 9.30. The molecule has 0 heterocycles. The maximum absolute atomic E-state index is 12.0. The van der Waals surface area contributed by atoms with Crippen LogP contribution in [0.5, 0.6) is 0 Å². The van der Waals surface area contributed by atoms with Gasteiger partial charge in [-0.1, -0.05) is 6.92 Å². The molecule has 0 aliphatic rings. The Balaban J connectivity index is 4.22. The third-order valence-corrected chi connectivity index (χ3v) is 3.74. The number of amides is 5. The minimum Gasteiger partial charge on any atom is -0.394 e. The lowest BCUT2D eigenvalue weighted by Gasteiger charge is -2.19. The van der Waals surface area contributed by atoms with E-state index in [-0.39, 0.29) is 18.9 Å². The molecular formula is C17H30N6O7. The topological polar surface area (TPSA) is 195 Å². The second-order valence-electron chi connectivity index (χ2n) is 6.24. The Morgan fingerprint density at radius 2 is 1.20 bits per heavy atom. The molecule has 30 heavy (non-hydrogen) atoms. The van der Waals surface area contributed by atoms with Crippen LogP contribution in [0.15, 0.2) is 0 Å². The lowest BCUT2D eigenvalue weighted by Crippen LogP contribution is -2.54. The van der Waals surface area contributed by atoms with Crippen LogP contribution in [0.2, 0.25) is 0 Å². The van der Waals surface area contributed by atoms with Crippen molar-refractivity contribution in [2.45, 2.75) is 32.4 Å². The molecule has 13 heteroatoms. The third-order valence-electron chi connectivity index (χ3n) is 3.74. The summed E-state index contributed by atoms with van der Waals surface area (Å²) in [6.45, 7) is 0.988. The van der Waals surface area contributed by atoms with Crippen LogP contribution in [0.3, 0.4) is 0 Å². The Bertz CT molecular complexity index is 636. The number of rotatable bonds is 14. The minimum atomic E-state index is -1.23. The normalized spacial score (nSPS) is 12.1. The summed E-state index contributed by atoms with van der Waals surface area (Å²) in [5.74, 6) is -3.37. The molecule has 0 radical (unpaired) electrons. The van der Waals surface area contributed by atoms with Crippen molar-refractivity contribution in [1.82, 2.24) is 31.9 Å². The zero-order valence-corrected chi connectivity index (χ0v) is 17.3. The minimum absolute atomic E-state index is 0.144. The van der Waals surface area contributed by atoms with Crippen LogP contribution in [-0.4, -0.2) is 92.3 Å². The molecule has 0 aromatic heterocycles. The van der Waals surface area contributed by atoms with Crippen LogP contribution < -0.4 is 31.9 Å². The number of carbonyl (C=O) groups is 6. The van der Waals surface area contributed by atoms with Gasteiger partial charge in [0.25, 0.3) is 0 Å². The van der Waals surface area contributed by atoms with Gasteiger partial charge < -0.3 is 37.0 Å². The molecule has 0 saturated carbocycles.